The number of hydrogen-bond donors (Lipinski definition) is 1. The Kier molecular flexibility index (Phi) is 5.28. The molecule has 2 aromatic rings. The molecule has 0 unspecified atom stereocenters. The largest absolute Gasteiger partial charge is 0.348 e. The highest BCUT2D eigenvalue weighted by Gasteiger charge is 2.14. The van der Waals surface area contributed by atoms with Gasteiger partial charge in [0.1, 0.15) is 0 Å². The van der Waals surface area contributed by atoms with Crippen LogP contribution in [0.5, 0.6) is 0 Å². The molecule has 0 radical (unpaired) electrons. The van der Waals surface area contributed by atoms with Gasteiger partial charge in [0.05, 0.1) is 11.9 Å². The van der Waals surface area contributed by atoms with E-state index in [2.05, 4.69) is 5.32 Å². The quantitative estimate of drug-likeness (QED) is 0.899. The van der Waals surface area contributed by atoms with Crippen molar-refractivity contribution in [3.05, 3.63) is 64.7 Å². The number of amides is 1. The maximum Gasteiger partial charge on any atom is 0.251 e. The molecule has 7 heteroatoms. The zero-order chi connectivity index (χ0) is 17.0. The van der Waals surface area contributed by atoms with Gasteiger partial charge in [0.15, 0.2) is 0 Å². The van der Waals surface area contributed by atoms with Crippen molar-refractivity contribution in [2.45, 2.75) is 6.54 Å². The van der Waals surface area contributed by atoms with Crippen LogP contribution in [0, 0.1) is 0 Å². The molecule has 0 aromatic heterocycles. The van der Waals surface area contributed by atoms with Crippen molar-refractivity contribution in [3.8, 4) is 0 Å². The average Bonchev–Trinajstić information content (AvgIpc) is 2.52. The lowest BCUT2D eigenvalue weighted by Gasteiger charge is -2.17. The van der Waals surface area contributed by atoms with Crippen molar-refractivity contribution in [2.24, 2.45) is 0 Å². The monoisotopic (exact) mass is 352 g/mol. The number of nitrogens with one attached hydrogen (secondary N) is 1. The first-order valence-electron chi connectivity index (χ1n) is 6.84. The smallest absolute Gasteiger partial charge is 0.251 e. The van der Waals surface area contributed by atoms with Gasteiger partial charge >= 0.3 is 0 Å². The molecule has 0 atom stereocenters. The van der Waals surface area contributed by atoms with Crippen LogP contribution in [0.15, 0.2) is 48.5 Å². The highest BCUT2D eigenvalue weighted by Crippen LogP contribution is 2.18. The Balaban J connectivity index is 2.13. The number of sulfonamides is 1. The zero-order valence-electron chi connectivity index (χ0n) is 12.8. The summed E-state index contributed by atoms with van der Waals surface area (Å²) in [4.78, 5) is 12.2. The molecule has 23 heavy (non-hydrogen) atoms. The normalized spacial score (nSPS) is 11.1. The van der Waals surface area contributed by atoms with Crippen LogP contribution in [0.3, 0.4) is 0 Å². The second-order valence-corrected chi connectivity index (χ2v) is 7.48. The summed E-state index contributed by atoms with van der Waals surface area (Å²) in [5, 5.41) is 3.35. The van der Waals surface area contributed by atoms with Gasteiger partial charge < -0.3 is 5.32 Å². The zero-order valence-corrected chi connectivity index (χ0v) is 14.4. The third-order valence-electron chi connectivity index (χ3n) is 3.37. The van der Waals surface area contributed by atoms with Crippen LogP contribution in [-0.2, 0) is 16.6 Å². The summed E-state index contributed by atoms with van der Waals surface area (Å²) < 4.78 is 24.3. The minimum atomic E-state index is -3.38. The van der Waals surface area contributed by atoms with Crippen molar-refractivity contribution >= 4 is 33.2 Å². The molecule has 0 aliphatic carbocycles. The number of nitrogens with zero attached hydrogens (tertiary/aromatic N) is 1. The topological polar surface area (TPSA) is 66.5 Å². The van der Waals surface area contributed by atoms with E-state index in [1.165, 1.54) is 13.1 Å². The molecule has 0 bridgehead atoms. The molecule has 0 saturated heterocycles. The highest BCUT2D eigenvalue weighted by molar-refractivity contribution is 7.92. The Morgan fingerprint density at radius 2 is 1.87 bits per heavy atom. The van der Waals surface area contributed by atoms with Crippen molar-refractivity contribution in [3.63, 3.8) is 0 Å². The molecule has 0 aliphatic heterocycles. The lowest BCUT2D eigenvalue weighted by molar-refractivity contribution is 0.0951. The van der Waals surface area contributed by atoms with E-state index in [0.717, 1.165) is 16.1 Å². The fourth-order valence-corrected chi connectivity index (χ4v) is 2.65. The van der Waals surface area contributed by atoms with E-state index in [0.29, 0.717) is 22.8 Å². The van der Waals surface area contributed by atoms with Crippen molar-refractivity contribution < 1.29 is 13.2 Å². The van der Waals surface area contributed by atoms with Crippen LogP contribution < -0.4 is 9.62 Å². The van der Waals surface area contributed by atoms with Gasteiger partial charge in [-0.2, -0.15) is 0 Å². The van der Waals surface area contributed by atoms with Crippen LogP contribution in [0.25, 0.3) is 0 Å². The SMILES string of the molecule is CN(c1cccc(C(=O)NCc2ccccc2Cl)c1)S(C)(=O)=O. The van der Waals surface area contributed by atoms with Crippen molar-refractivity contribution in [2.75, 3.05) is 17.6 Å². The minimum Gasteiger partial charge on any atom is -0.348 e. The fraction of sp³-hybridized carbons (Fsp3) is 0.188. The third-order valence-corrected chi connectivity index (χ3v) is 4.94. The van der Waals surface area contributed by atoms with Gasteiger partial charge in [-0.1, -0.05) is 35.9 Å². The number of rotatable bonds is 5. The van der Waals surface area contributed by atoms with E-state index >= 15 is 0 Å². The Labute approximate surface area is 140 Å². The lowest BCUT2D eigenvalue weighted by atomic mass is 10.1. The average molecular weight is 353 g/mol. The lowest BCUT2D eigenvalue weighted by Crippen LogP contribution is -2.26. The molecule has 0 fully saturated rings. The second-order valence-electron chi connectivity index (χ2n) is 5.05. The second kappa shape index (κ2) is 7.02. The number of carbonyl (C=O) groups excluding carboxylic acids is 1. The summed E-state index contributed by atoms with van der Waals surface area (Å²) in [6.45, 7) is 0.296. The van der Waals surface area contributed by atoms with E-state index in [-0.39, 0.29) is 5.91 Å². The summed E-state index contributed by atoms with van der Waals surface area (Å²) in [5.41, 5.74) is 1.62. The summed E-state index contributed by atoms with van der Waals surface area (Å²) in [5.74, 6) is -0.298. The van der Waals surface area contributed by atoms with E-state index in [4.69, 9.17) is 11.6 Å². The van der Waals surface area contributed by atoms with Gasteiger partial charge in [-0.15, -0.1) is 0 Å². The number of benzene rings is 2. The molecular formula is C16H17ClN2O3S. The molecule has 0 saturated carbocycles. The van der Waals surface area contributed by atoms with Gasteiger partial charge in [-0.3, -0.25) is 9.10 Å². The predicted molar refractivity (Wildman–Crippen MR) is 92.3 cm³/mol. The number of anilines is 1. The standard InChI is InChI=1S/C16H17ClN2O3S/c1-19(23(2,21)22)14-8-5-7-12(10-14)16(20)18-11-13-6-3-4-9-15(13)17/h3-10H,11H2,1-2H3,(H,18,20). The molecule has 2 aromatic carbocycles. The Hall–Kier alpha value is -2.05. The summed E-state index contributed by atoms with van der Waals surface area (Å²) in [6, 6.07) is 13.7. The van der Waals surface area contributed by atoms with Gasteiger partial charge in [0, 0.05) is 24.2 Å². The van der Waals surface area contributed by atoms with E-state index in [9.17, 15) is 13.2 Å². The molecule has 2 rings (SSSR count). The van der Waals surface area contributed by atoms with Crippen LogP contribution in [0.2, 0.25) is 5.02 Å². The summed E-state index contributed by atoms with van der Waals surface area (Å²) in [6.07, 6.45) is 1.11. The predicted octanol–water partition coefficient (Wildman–Crippen LogP) is 2.67. The summed E-state index contributed by atoms with van der Waals surface area (Å²) in [7, 11) is -1.93. The van der Waals surface area contributed by atoms with Crippen LogP contribution in [0.4, 0.5) is 5.69 Å². The highest BCUT2D eigenvalue weighted by atomic mass is 35.5. The molecule has 0 aliphatic rings. The Bertz CT molecular complexity index is 822. The van der Waals surface area contributed by atoms with Crippen LogP contribution in [0.1, 0.15) is 15.9 Å². The first kappa shape index (κ1) is 17.3. The van der Waals surface area contributed by atoms with E-state index in [1.54, 1.807) is 24.3 Å². The van der Waals surface area contributed by atoms with Gasteiger partial charge in [-0.05, 0) is 29.8 Å². The van der Waals surface area contributed by atoms with Crippen molar-refractivity contribution in [1.82, 2.24) is 5.32 Å². The van der Waals surface area contributed by atoms with Crippen LogP contribution >= 0.6 is 11.6 Å². The molecule has 5 nitrogen and oxygen atoms in total. The number of carbonyl (C=O) groups is 1. The summed E-state index contributed by atoms with van der Waals surface area (Å²) >= 11 is 6.05. The fourth-order valence-electron chi connectivity index (χ4n) is 1.95. The number of hydrogen-bond acceptors (Lipinski definition) is 3. The Morgan fingerprint density at radius 3 is 2.52 bits per heavy atom. The number of halogens is 1. The molecule has 122 valence electrons. The van der Waals surface area contributed by atoms with Gasteiger partial charge in [0.25, 0.3) is 5.91 Å². The molecule has 0 heterocycles. The van der Waals surface area contributed by atoms with Crippen LogP contribution in [-0.4, -0.2) is 27.6 Å². The molecular weight excluding hydrogens is 336 g/mol. The first-order chi connectivity index (χ1) is 10.8. The van der Waals surface area contributed by atoms with Gasteiger partial charge in [0.2, 0.25) is 10.0 Å². The molecule has 0 spiro atoms. The maximum absolute atomic E-state index is 12.2. The molecule has 1 amide bonds. The third kappa shape index (κ3) is 4.46. The van der Waals surface area contributed by atoms with Crippen molar-refractivity contribution in [1.29, 1.82) is 0 Å². The van der Waals surface area contributed by atoms with E-state index < -0.39 is 10.0 Å². The first-order valence-corrected chi connectivity index (χ1v) is 9.07. The maximum atomic E-state index is 12.2. The van der Waals surface area contributed by atoms with E-state index in [1.807, 2.05) is 18.2 Å². The molecule has 1 N–H and O–H groups in total. The van der Waals surface area contributed by atoms with Gasteiger partial charge in [-0.25, -0.2) is 8.42 Å². The minimum absolute atomic E-state index is 0.296. The Morgan fingerprint density at radius 1 is 1.17 bits per heavy atom.